The Morgan fingerprint density at radius 1 is 1.38 bits per heavy atom. The normalized spacial score (nSPS) is 18.6. The summed E-state index contributed by atoms with van der Waals surface area (Å²) < 4.78 is 0. The second-order valence-corrected chi connectivity index (χ2v) is 4.85. The number of pyridine rings is 1. The van der Waals surface area contributed by atoms with Crippen molar-refractivity contribution in [1.29, 1.82) is 0 Å². The molecule has 1 aromatic rings. The van der Waals surface area contributed by atoms with Crippen molar-refractivity contribution in [2.45, 2.75) is 45.6 Å². The first kappa shape index (κ1) is 11.2. The van der Waals surface area contributed by atoms with Crippen LogP contribution in [0.1, 0.15) is 38.3 Å². The first-order chi connectivity index (χ1) is 7.66. The molecule has 0 amide bonds. The van der Waals surface area contributed by atoms with E-state index in [4.69, 9.17) is 5.73 Å². The summed E-state index contributed by atoms with van der Waals surface area (Å²) in [5.41, 5.74) is 7.42. The minimum absolute atomic E-state index is 0.512. The Morgan fingerprint density at radius 2 is 2.06 bits per heavy atom. The number of rotatable bonds is 3. The molecule has 16 heavy (non-hydrogen) atoms. The van der Waals surface area contributed by atoms with E-state index in [-0.39, 0.29) is 0 Å². The first-order valence-electron chi connectivity index (χ1n) is 6.16. The molecule has 1 atom stereocenters. The Balaban J connectivity index is 1.99. The van der Waals surface area contributed by atoms with Crippen LogP contribution in [0.2, 0.25) is 0 Å². The van der Waals surface area contributed by atoms with Crippen LogP contribution in [0.3, 0.4) is 0 Å². The van der Waals surface area contributed by atoms with Gasteiger partial charge < -0.3 is 11.1 Å². The van der Waals surface area contributed by atoms with Gasteiger partial charge in [-0.3, -0.25) is 0 Å². The van der Waals surface area contributed by atoms with Gasteiger partial charge in [-0.2, -0.15) is 0 Å². The Kier molecular flexibility index (Phi) is 3.32. The van der Waals surface area contributed by atoms with Gasteiger partial charge in [0.25, 0.3) is 0 Å². The fourth-order valence-electron chi connectivity index (χ4n) is 2.46. The molecule has 1 saturated carbocycles. The molecule has 1 aromatic heterocycles. The lowest BCUT2D eigenvalue weighted by Crippen LogP contribution is -2.24. The SMILES string of the molecule is Cc1nc(NC(C)C2CCCC2)ccc1N. The van der Waals surface area contributed by atoms with E-state index in [1.54, 1.807) is 0 Å². The molecule has 1 heterocycles. The minimum atomic E-state index is 0.512. The summed E-state index contributed by atoms with van der Waals surface area (Å²) in [6.45, 7) is 4.20. The summed E-state index contributed by atoms with van der Waals surface area (Å²) in [6, 6.07) is 4.40. The van der Waals surface area contributed by atoms with Crippen LogP contribution in [0.25, 0.3) is 0 Å². The lowest BCUT2D eigenvalue weighted by molar-refractivity contribution is 0.481. The highest BCUT2D eigenvalue weighted by Gasteiger charge is 2.21. The largest absolute Gasteiger partial charge is 0.397 e. The van der Waals surface area contributed by atoms with Crippen LogP contribution < -0.4 is 11.1 Å². The molecule has 0 bridgehead atoms. The van der Waals surface area contributed by atoms with Gasteiger partial charge >= 0.3 is 0 Å². The maximum Gasteiger partial charge on any atom is 0.126 e. The quantitative estimate of drug-likeness (QED) is 0.821. The molecule has 0 saturated heterocycles. The van der Waals surface area contributed by atoms with Gasteiger partial charge in [0.15, 0.2) is 0 Å². The van der Waals surface area contributed by atoms with Crippen molar-refractivity contribution in [3.8, 4) is 0 Å². The Hall–Kier alpha value is -1.25. The van der Waals surface area contributed by atoms with Gasteiger partial charge in [0, 0.05) is 6.04 Å². The molecular formula is C13H21N3. The molecule has 1 unspecified atom stereocenters. The average molecular weight is 219 g/mol. The van der Waals surface area contributed by atoms with Crippen LogP contribution in [0.4, 0.5) is 11.5 Å². The zero-order valence-electron chi connectivity index (χ0n) is 10.2. The molecule has 1 aliphatic carbocycles. The van der Waals surface area contributed by atoms with Crippen molar-refractivity contribution < 1.29 is 0 Å². The van der Waals surface area contributed by atoms with Gasteiger partial charge in [-0.1, -0.05) is 12.8 Å². The number of nitrogens with zero attached hydrogens (tertiary/aromatic N) is 1. The highest BCUT2D eigenvalue weighted by atomic mass is 15.0. The van der Waals surface area contributed by atoms with Crippen molar-refractivity contribution in [1.82, 2.24) is 4.98 Å². The molecule has 2 rings (SSSR count). The van der Waals surface area contributed by atoms with E-state index < -0.39 is 0 Å². The van der Waals surface area contributed by atoms with Gasteiger partial charge in [0.1, 0.15) is 5.82 Å². The summed E-state index contributed by atoms with van der Waals surface area (Å²) in [4.78, 5) is 4.45. The van der Waals surface area contributed by atoms with Crippen molar-refractivity contribution in [3.05, 3.63) is 17.8 Å². The lowest BCUT2D eigenvalue weighted by Gasteiger charge is -2.21. The highest BCUT2D eigenvalue weighted by Crippen LogP contribution is 2.29. The topological polar surface area (TPSA) is 50.9 Å². The van der Waals surface area contributed by atoms with Gasteiger partial charge in [-0.15, -0.1) is 0 Å². The lowest BCUT2D eigenvalue weighted by atomic mass is 10.00. The third-order valence-electron chi connectivity index (χ3n) is 3.61. The average Bonchev–Trinajstić information content (AvgIpc) is 2.77. The van der Waals surface area contributed by atoms with Crippen LogP contribution in [0.15, 0.2) is 12.1 Å². The van der Waals surface area contributed by atoms with Crippen molar-refractivity contribution in [3.63, 3.8) is 0 Å². The highest BCUT2D eigenvalue weighted by molar-refractivity contribution is 5.49. The van der Waals surface area contributed by atoms with E-state index in [1.807, 2.05) is 19.1 Å². The maximum absolute atomic E-state index is 5.75. The first-order valence-corrected chi connectivity index (χ1v) is 6.16. The second-order valence-electron chi connectivity index (χ2n) is 4.85. The number of anilines is 2. The predicted octanol–water partition coefficient (Wildman–Crippen LogP) is 2.96. The van der Waals surface area contributed by atoms with E-state index in [1.165, 1.54) is 25.7 Å². The number of aryl methyl sites for hydroxylation is 1. The van der Waals surface area contributed by atoms with Crippen LogP contribution in [-0.4, -0.2) is 11.0 Å². The number of hydrogen-bond donors (Lipinski definition) is 2. The van der Waals surface area contributed by atoms with Crippen LogP contribution in [0.5, 0.6) is 0 Å². The Morgan fingerprint density at radius 3 is 2.69 bits per heavy atom. The summed E-state index contributed by atoms with van der Waals surface area (Å²) in [6.07, 6.45) is 5.46. The van der Waals surface area contributed by atoms with E-state index in [0.717, 1.165) is 23.1 Å². The van der Waals surface area contributed by atoms with Gasteiger partial charge in [-0.05, 0) is 44.7 Å². The third-order valence-corrected chi connectivity index (χ3v) is 3.61. The standard InChI is InChI=1S/C13H21N3/c1-9(11-5-3-4-6-11)15-13-8-7-12(14)10(2)16-13/h7-9,11H,3-6,14H2,1-2H3,(H,15,16). The molecule has 0 spiro atoms. The van der Waals surface area contributed by atoms with Crippen molar-refractivity contribution in [2.75, 3.05) is 11.1 Å². The van der Waals surface area contributed by atoms with Crippen LogP contribution >= 0.6 is 0 Å². The minimum Gasteiger partial charge on any atom is -0.397 e. The van der Waals surface area contributed by atoms with Crippen LogP contribution in [-0.2, 0) is 0 Å². The molecule has 0 radical (unpaired) electrons. The number of nitrogens with one attached hydrogen (secondary N) is 1. The van der Waals surface area contributed by atoms with Gasteiger partial charge in [0.2, 0.25) is 0 Å². The predicted molar refractivity (Wildman–Crippen MR) is 68.4 cm³/mol. The number of nitrogen functional groups attached to an aromatic ring is 1. The maximum atomic E-state index is 5.75. The van der Waals surface area contributed by atoms with Crippen molar-refractivity contribution >= 4 is 11.5 Å². The molecule has 1 fully saturated rings. The monoisotopic (exact) mass is 219 g/mol. The molecule has 1 aliphatic rings. The molecule has 3 nitrogen and oxygen atoms in total. The molecular weight excluding hydrogens is 198 g/mol. The van der Waals surface area contributed by atoms with E-state index in [2.05, 4.69) is 17.2 Å². The summed E-state index contributed by atoms with van der Waals surface area (Å²) in [7, 11) is 0. The number of nitrogens with two attached hydrogens (primary N) is 1. The summed E-state index contributed by atoms with van der Waals surface area (Å²) in [5.74, 6) is 1.76. The molecule has 0 aromatic carbocycles. The number of aromatic nitrogens is 1. The summed E-state index contributed by atoms with van der Waals surface area (Å²) in [5, 5.41) is 3.49. The Labute approximate surface area is 97.5 Å². The van der Waals surface area contributed by atoms with Crippen molar-refractivity contribution in [2.24, 2.45) is 5.92 Å². The van der Waals surface area contributed by atoms with Gasteiger partial charge in [-0.25, -0.2) is 4.98 Å². The zero-order valence-corrected chi connectivity index (χ0v) is 10.2. The van der Waals surface area contributed by atoms with E-state index in [0.29, 0.717) is 6.04 Å². The fraction of sp³-hybridized carbons (Fsp3) is 0.615. The Bertz CT molecular complexity index is 356. The molecule has 3 heteroatoms. The van der Waals surface area contributed by atoms with E-state index in [9.17, 15) is 0 Å². The van der Waals surface area contributed by atoms with Crippen LogP contribution in [0, 0.1) is 12.8 Å². The molecule has 0 aliphatic heterocycles. The molecule has 88 valence electrons. The fourth-order valence-corrected chi connectivity index (χ4v) is 2.46. The third kappa shape index (κ3) is 2.46. The smallest absolute Gasteiger partial charge is 0.126 e. The summed E-state index contributed by atoms with van der Waals surface area (Å²) >= 11 is 0. The van der Waals surface area contributed by atoms with E-state index >= 15 is 0 Å². The number of hydrogen-bond acceptors (Lipinski definition) is 3. The molecule has 3 N–H and O–H groups in total. The van der Waals surface area contributed by atoms with Gasteiger partial charge in [0.05, 0.1) is 11.4 Å². The second kappa shape index (κ2) is 4.73. The zero-order chi connectivity index (χ0) is 11.5.